The van der Waals surface area contributed by atoms with E-state index in [1.807, 2.05) is 13.8 Å². The normalized spacial score (nSPS) is 24.4. The number of amides is 17. The van der Waals surface area contributed by atoms with Crippen molar-refractivity contribution in [2.45, 2.75) is 247 Å². The number of carbonyl (C=O) groups is 19. The molecule has 139 heavy (non-hydrogen) atoms. The number of aliphatic hydroxyl groups is 1. The van der Waals surface area contributed by atoms with Crippen molar-refractivity contribution >= 4 is 146 Å². The van der Waals surface area contributed by atoms with E-state index in [1.165, 1.54) is 75.6 Å². The first-order valence-corrected chi connectivity index (χ1v) is 47.5. The Morgan fingerprint density at radius 1 is 0.561 bits per heavy atom. The van der Waals surface area contributed by atoms with Crippen LogP contribution in [0.25, 0.3) is 21.8 Å². The fourth-order valence-corrected chi connectivity index (χ4v) is 18.1. The molecule has 9 rings (SSSR count). The summed E-state index contributed by atoms with van der Waals surface area (Å²) in [5.41, 5.74) is 19.8. The number of aromatic hydroxyl groups is 1. The number of aliphatic carboxylic acids is 2. The Hall–Kier alpha value is -14.1. The number of aliphatic hydroxyl groups excluding tert-OH is 1. The van der Waals surface area contributed by atoms with Gasteiger partial charge in [-0.15, -0.1) is 11.8 Å². The molecule has 3 aromatic carbocycles. The summed E-state index contributed by atoms with van der Waals surface area (Å²) in [6.07, 6.45) is 0.983. The van der Waals surface area contributed by atoms with Gasteiger partial charge in [0.2, 0.25) is 100 Å². The van der Waals surface area contributed by atoms with E-state index < -0.39 is 273 Å². The number of likely N-dealkylation sites (N-methyl/N-ethyl adjacent to an activating group) is 3. The maximum Gasteiger partial charge on any atom is 0.323 e. The largest absolute Gasteiger partial charge is 0.508 e. The monoisotopic (exact) mass is 1950 g/mol. The van der Waals surface area contributed by atoms with Gasteiger partial charge in [0, 0.05) is 125 Å². The molecule has 3 aromatic heterocycles. The minimum Gasteiger partial charge on any atom is -0.508 e. The number of para-hydroxylation sites is 2. The highest BCUT2D eigenvalue weighted by Crippen LogP contribution is 2.29. The van der Waals surface area contributed by atoms with Crippen LogP contribution in [0.5, 0.6) is 5.75 Å². The number of primary amides is 2. The maximum atomic E-state index is 16.0. The van der Waals surface area contributed by atoms with Crippen LogP contribution in [0.2, 0.25) is 0 Å². The van der Waals surface area contributed by atoms with Crippen LogP contribution in [0.1, 0.15) is 147 Å². The summed E-state index contributed by atoms with van der Waals surface area (Å²) in [5.74, 6) is -20.9. The smallest absolute Gasteiger partial charge is 0.323 e. The van der Waals surface area contributed by atoms with Crippen molar-refractivity contribution < 1.29 is 112 Å². The third-order valence-electron chi connectivity index (χ3n) is 24.8. The van der Waals surface area contributed by atoms with Crippen LogP contribution >= 0.6 is 11.8 Å². The molecular weight excluding hydrogens is 1830 g/mol. The average Bonchev–Trinajstić information content (AvgIpc) is 1.66. The number of benzene rings is 3. The molecule has 6 aromatic rings. The molecule has 754 valence electrons. The lowest BCUT2D eigenvalue weighted by molar-refractivity contribution is -0.149. The summed E-state index contributed by atoms with van der Waals surface area (Å²) in [7, 11) is 3.86. The molecule has 0 aliphatic carbocycles. The van der Waals surface area contributed by atoms with Crippen LogP contribution in [-0.2, 0) is 123 Å². The predicted octanol–water partition coefficient (Wildman–Crippen LogP) is -2.41. The van der Waals surface area contributed by atoms with Crippen molar-refractivity contribution in [1.82, 2.24) is 97.2 Å². The minimum atomic E-state index is -1.86. The fraction of sp³-hybridized carbons (Fsp3) is 0.527. The van der Waals surface area contributed by atoms with E-state index in [1.54, 1.807) is 68.6 Å². The highest BCUT2D eigenvalue weighted by Gasteiger charge is 2.47. The van der Waals surface area contributed by atoms with Crippen molar-refractivity contribution in [2.24, 2.45) is 23.1 Å². The number of hydrogen-bond acceptors (Lipinski definition) is 24. The van der Waals surface area contributed by atoms with E-state index in [4.69, 9.17) is 17.2 Å². The number of phenols is 1. The number of thioether (sulfide) groups is 1. The number of aromatic amines is 2. The number of carboxylic acid groups (broad SMARTS) is 2. The van der Waals surface area contributed by atoms with Crippen LogP contribution in [0.4, 0.5) is 0 Å². The average molecular weight is 1950 g/mol. The molecule has 45 nitrogen and oxygen atoms in total. The Kier molecular flexibility index (Phi) is 40.2. The molecule has 15 atom stereocenters. The van der Waals surface area contributed by atoms with Crippen LogP contribution in [-0.4, -0.2) is 326 Å². The van der Waals surface area contributed by atoms with Crippen molar-refractivity contribution in [3.05, 3.63) is 120 Å². The predicted molar refractivity (Wildman–Crippen MR) is 505 cm³/mol. The number of carbonyl (C=O) groups excluding carboxylic acids is 17. The van der Waals surface area contributed by atoms with Crippen LogP contribution < -0.4 is 70.4 Å². The van der Waals surface area contributed by atoms with Gasteiger partial charge in [0.1, 0.15) is 96.9 Å². The number of carboxylic acids is 2. The summed E-state index contributed by atoms with van der Waals surface area (Å²) in [5, 5.41) is 69.3. The molecule has 3 fully saturated rings. The second kappa shape index (κ2) is 51.4. The van der Waals surface area contributed by atoms with E-state index in [9.17, 15) is 73.2 Å². The first-order chi connectivity index (χ1) is 66.1. The number of rotatable bonds is 28. The zero-order chi connectivity index (χ0) is 102. The number of nitrogens with two attached hydrogens (primary N) is 3. The lowest BCUT2D eigenvalue weighted by Crippen LogP contribution is -2.61. The number of nitrogens with zero attached hydrogens (tertiary/aromatic N) is 7. The molecule has 0 radical (unpaired) electrons. The second-order valence-corrected chi connectivity index (χ2v) is 36.7. The molecular formula is C93H128N22O23S. The number of imidazole rings is 1. The molecule has 0 spiro atoms. The molecule has 46 heteroatoms. The highest BCUT2D eigenvalue weighted by atomic mass is 32.2. The highest BCUT2D eigenvalue weighted by molar-refractivity contribution is 8.00. The van der Waals surface area contributed by atoms with Gasteiger partial charge in [0.25, 0.3) is 0 Å². The van der Waals surface area contributed by atoms with Gasteiger partial charge in [-0.3, -0.25) is 91.1 Å². The number of H-pyrrole nitrogens is 2. The number of fused-ring (bicyclic) bond motifs is 4. The molecule has 22 N–H and O–H groups in total. The minimum absolute atomic E-state index is 0.0149. The Bertz CT molecular complexity index is 5420. The quantitative estimate of drug-likeness (QED) is 0.0243. The van der Waals surface area contributed by atoms with Crippen LogP contribution in [0, 0.1) is 5.92 Å². The third-order valence-corrected chi connectivity index (χ3v) is 25.8. The van der Waals surface area contributed by atoms with E-state index in [2.05, 4.69) is 68.1 Å². The van der Waals surface area contributed by atoms with Crippen molar-refractivity contribution in [1.29, 1.82) is 0 Å². The van der Waals surface area contributed by atoms with Crippen molar-refractivity contribution in [2.75, 3.05) is 58.8 Å². The molecule has 17 amide bonds. The third kappa shape index (κ3) is 30.2. The molecule has 3 saturated heterocycles. The Morgan fingerprint density at radius 3 is 1.78 bits per heavy atom. The SMILES string of the molecule is CCCC[C@H]1C(=O)N(C)[C@@H](CCCC)C(=O)N[C@@H](CC(C)C)C(=O)N[C@H](C(=O)NCC(N)=O)CSCC(=O)N[C@@H](Cc2ccc(O)cc2)C(=O)N(C)[C@@H](C)C(=O)N[C@H](CC(N)=O)C(=O)N2CCC[C@H]2C(=O)N[C@@H](Cc2cnc[nH]2)C(=O)N[C@@H](CCC(=O)O)C(=O)N2C[C@H](O)C[C@H]2C(=O)N[C@@H](Cc2c[nH]c3ccccc23)C(=O)N[C@@H](CCN)C(=O)N[C@@H](Cc2cn(CC(=O)O)c3ccccc23)C(=O)N1C. The molecule has 0 unspecified atom stereocenters. The first kappa shape index (κ1) is 109. The van der Waals surface area contributed by atoms with Crippen molar-refractivity contribution in [3.63, 3.8) is 0 Å². The molecule has 0 saturated carbocycles. The number of aromatic nitrogens is 4. The Labute approximate surface area is 806 Å². The van der Waals surface area contributed by atoms with Gasteiger partial charge >= 0.3 is 11.9 Å². The molecule has 3 aliphatic rings. The number of nitrogens with one attached hydrogen (secondary N) is 12. The summed E-state index contributed by atoms with van der Waals surface area (Å²) < 4.78 is 1.42. The number of hydrogen-bond donors (Lipinski definition) is 19. The number of phenolic OH excluding ortho intramolecular Hbond substituents is 1. The van der Waals surface area contributed by atoms with Gasteiger partial charge in [-0.05, 0) is 105 Å². The van der Waals surface area contributed by atoms with Gasteiger partial charge in [-0.2, -0.15) is 0 Å². The zero-order valence-corrected chi connectivity index (χ0v) is 79.8. The lowest BCUT2D eigenvalue weighted by Gasteiger charge is -2.36. The van der Waals surface area contributed by atoms with Gasteiger partial charge in [-0.25, -0.2) is 4.98 Å². The van der Waals surface area contributed by atoms with Gasteiger partial charge < -0.3 is 130 Å². The molecule has 6 heterocycles. The number of unbranched alkanes of at least 4 members (excludes halogenated alkanes) is 2. The van der Waals surface area contributed by atoms with Crippen LogP contribution in [0.15, 0.2) is 97.7 Å². The van der Waals surface area contributed by atoms with Gasteiger partial charge in [0.05, 0.1) is 31.1 Å². The Morgan fingerprint density at radius 2 is 1.14 bits per heavy atom. The van der Waals surface area contributed by atoms with E-state index in [0.29, 0.717) is 64.2 Å². The fourth-order valence-electron chi connectivity index (χ4n) is 17.2. The Balaban J connectivity index is 1.12. The summed E-state index contributed by atoms with van der Waals surface area (Å²) >= 11 is 0.771. The zero-order valence-electron chi connectivity index (χ0n) is 79.0. The summed E-state index contributed by atoms with van der Waals surface area (Å²) in [6.45, 7) is 6.04. The van der Waals surface area contributed by atoms with E-state index >= 15 is 38.4 Å². The molecule has 3 aliphatic heterocycles. The topological polar surface area (TPSA) is 669 Å². The van der Waals surface area contributed by atoms with Crippen molar-refractivity contribution in [3.8, 4) is 5.75 Å². The maximum absolute atomic E-state index is 16.0. The van der Waals surface area contributed by atoms with E-state index in [-0.39, 0.29) is 81.8 Å². The summed E-state index contributed by atoms with van der Waals surface area (Å²) in [4.78, 5) is 291. The van der Waals surface area contributed by atoms with Gasteiger partial charge in [0.15, 0.2) is 0 Å². The second-order valence-electron chi connectivity index (χ2n) is 35.7. The van der Waals surface area contributed by atoms with Crippen LogP contribution in [0.3, 0.4) is 0 Å². The molecule has 0 bridgehead atoms. The first-order valence-electron chi connectivity index (χ1n) is 46.3. The standard InChI is InChI=1S/C93H128N22O23S/c1-9-11-21-71-86(131)104-63(34-50(3)4)83(128)109-69(81(126)99-43-76(96)119)47-139-48-77(120)101-66(35-52-25-27-56(116)28-26-52)89(134)110(6)51(5)80(125)107-68(40-75(95)118)92(137)114-33-17-24-72(114)87(132)106-65(38-55-42-97-49-100-55)85(130)103-62(29-30-78(121)122)91(136)115-45-57(117)39-74(115)88(133)105-64(36-53-41-98-60-20-15-13-18-58(53)60)84(129)102-61(31-32-94)82(127)108-67(90(135)112(8)73(22-12-10-2)93(138)111(71)7)37-54-44-113(46-79(123)124)70-23-16-14-19-59(54)70/h13-16,18-20,23,25-28,41-42,44,49-51,57,61-69,71-74,98,116-117H,9-12,17,21-22,24,29-40,43,45-48,94H2,1-8H3,(H2,95,118)(H2,96,119)(H,97,100)(H,99,126)(H,101,120)(H,102,129)(H,103,130)(H,104,131)(H,105,133)(H,106,132)(H,107,125)(H,108,127)(H,109,128)(H,121,122)(H,123,124)/t51-,57+,61-,62-,63-,64-,65-,66-,67-,68+,69-,71-,72-,73-,74-/m0/s1. The lowest BCUT2D eigenvalue weighted by atomic mass is 9.99. The van der Waals surface area contributed by atoms with E-state index in [0.717, 1.165) is 36.3 Å². The summed E-state index contributed by atoms with van der Waals surface area (Å²) in [6, 6.07) is -3.47. The van der Waals surface area contributed by atoms with Gasteiger partial charge in [-0.1, -0.05) is 102 Å².